The zero-order chi connectivity index (χ0) is 12.8. The predicted molar refractivity (Wildman–Crippen MR) is 69.3 cm³/mol. The molecule has 4 heteroatoms. The maximum atomic E-state index is 11.8. The number of piperazine rings is 1. The van der Waals surface area contributed by atoms with Crippen molar-refractivity contribution in [2.45, 2.75) is 0 Å². The molecule has 18 heavy (non-hydrogen) atoms. The average Bonchev–Trinajstić information content (AvgIpc) is 2.46. The van der Waals surface area contributed by atoms with Crippen LogP contribution >= 0.6 is 0 Å². The van der Waals surface area contributed by atoms with E-state index in [1.165, 1.54) is 0 Å². The van der Waals surface area contributed by atoms with E-state index >= 15 is 0 Å². The summed E-state index contributed by atoms with van der Waals surface area (Å²) in [5.74, 6) is 6.23. The molecule has 1 aromatic carbocycles. The minimum absolute atomic E-state index is 0.104. The van der Waals surface area contributed by atoms with Crippen LogP contribution in [0.4, 0.5) is 0 Å². The van der Waals surface area contributed by atoms with Crippen LogP contribution in [0, 0.1) is 11.8 Å². The van der Waals surface area contributed by atoms with Gasteiger partial charge in [0.25, 0.3) is 5.91 Å². The molecule has 1 heterocycles. The third kappa shape index (κ3) is 3.25. The number of benzene rings is 1. The van der Waals surface area contributed by atoms with E-state index in [1.54, 1.807) is 12.0 Å². The predicted octanol–water partition coefficient (Wildman–Crippen LogP) is 0.478. The van der Waals surface area contributed by atoms with Gasteiger partial charge in [-0.2, -0.15) is 0 Å². The first-order valence-electron chi connectivity index (χ1n) is 5.95. The molecule has 0 atom stereocenters. The van der Waals surface area contributed by atoms with Crippen LogP contribution in [-0.4, -0.2) is 44.1 Å². The summed E-state index contributed by atoms with van der Waals surface area (Å²) in [7, 11) is 1.62. The van der Waals surface area contributed by atoms with Gasteiger partial charge in [0.15, 0.2) is 0 Å². The lowest BCUT2D eigenvalue weighted by atomic mass is 10.2. The van der Waals surface area contributed by atoms with E-state index in [0.717, 1.165) is 37.5 Å². The molecule has 0 aromatic heterocycles. The number of hydrogen-bond donors (Lipinski definition) is 1. The Morgan fingerprint density at radius 2 is 1.94 bits per heavy atom. The molecule has 0 bridgehead atoms. The van der Waals surface area contributed by atoms with Crippen molar-refractivity contribution in [2.24, 2.45) is 0 Å². The number of methoxy groups -OCH3 is 1. The lowest BCUT2D eigenvalue weighted by Crippen LogP contribution is -2.46. The number of carbonyl (C=O) groups is 1. The summed E-state index contributed by atoms with van der Waals surface area (Å²) in [6.45, 7) is 3.15. The van der Waals surface area contributed by atoms with Crippen molar-refractivity contribution >= 4 is 5.91 Å². The molecule has 1 aliphatic rings. The summed E-state index contributed by atoms with van der Waals surface area (Å²) in [5, 5.41) is 3.20. The van der Waals surface area contributed by atoms with Gasteiger partial charge in [0.2, 0.25) is 0 Å². The van der Waals surface area contributed by atoms with Gasteiger partial charge < -0.3 is 15.0 Å². The van der Waals surface area contributed by atoms with Gasteiger partial charge in [-0.3, -0.25) is 4.79 Å². The fourth-order valence-corrected chi connectivity index (χ4v) is 1.75. The first-order valence-corrected chi connectivity index (χ1v) is 5.95. The second-order valence-electron chi connectivity index (χ2n) is 4.02. The largest absolute Gasteiger partial charge is 0.497 e. The number of amides is 1. The third-order valence-electron chi connectivity index (χ3n) is 2.81. The molecule has 1 N–H and O–H groups in total. The van der Waals surface area contributed by atoms with Gasteiger partial charge in [-0.1, -0.05) is 5.92 Å². The minimum Gasteiger partial charge on any atom is -0.497 e. The molecule has 1 aliphatic heterocycles. The number of ether oxygens (including phenoxy) is 1. The van der Waals surface area contributed by atoms with Gasteiger partial charge >= 0.3 is 0 Å². The van der Waals surface area contributed by atoms with Gasteiger partial charge in [-0.05, 0) is 24.3 Å². The lowest BCUT2D eigenvalue weighted by molar-refractivity contribution is -0.125. The summed E-state index contributed by atoms with van der Waals surface area (Å²) in [6.07, 6.45) is 0. The molecular formula is C14H16N2O2. The van der Waals surface area contributed by atoms with E-state index in [0.29, 0.717) is 0 Å². The van der Waals surface area contributed by atoms with Crippen LogP contribution in [0.1, 0.15) is 5.56 Å². The van der Waals surface area contributed by atoms with Crippen molar-refractivity contribution in [1.82, 2.24) is 10.2 Å². The molecule has 0 unspecified atom stereocenters. The average molecular weight is 244 g/mol. The molecule has 1 aromatic rings. The Bertz CT molecular complexity index is 465. The molecule has 2 rings (SSSR count). The Balaban J connectivity index is 1.99. The van der Waals surface area contributed by atoms with Crippen LogP contribution in [0.3, 0.4) is 0 Å². The molecule has 0 saturated carbocycles. The topological polar surface area (TPSA) is 41.6 Å². The summed E-state index contributed by atoms with van der Waals surface area (Å²) >= 11 is 0. The SMILES string of the molecule is COc1ccc(C#CC(=O)N2CCNCC2)cc1. The second kappa shape index (κ2) is 6.08. The maximum Gasteiger partial charge on any atom is 0.298 e. The molecular weight excluding hydrogens is 228 g/mol. The first kappa shape index (κ1) is 12.5. The lowest BCUT2D eigenvalue weighted by Gasteiger charge is -2.25. The smallest absolute Gasteiger partial charge is 0.298 e. The standard InChI is InChI=1S/C14H16N2O2/c1-18-13-5-2-12(3-6-13)4-7-14(17)16-10-8-15-9-11-16/h2-3,5-6,15H,8-11H2,1H3. The zero-order valence-corrected chi connectivity index (χ0v) is 10.4. The number of carbonyl (C=O) groups excluding carboxylic acids is 1. The Morgan fingerprint density at radius 1 is 1.28 bits per heavy atom. The Morgan fingerprint density at radius 3 is 2.56 bits per heavy atom. The van der Waals surface area contributed by atoms with Gasteiger partial charge in [0, 0.05) is 37.7 Å². The number of nitrogens with zero attached hydrogens (tertiary/aromatic N) is 1. The number of nitrogens with one attached hydrogen (secondary N) is 1. The van der Waals surface area contributed by atoms with Crippen molar-refractivity contribution < 1.29 is 9.53 Å². The summed E-state index contributed by atoms with van der Waals surface area (Å²) in [6, 6.07) is 7.35. The second-order valence-corrected chi connectivity index (χ2v) is 4.02. The highest BCUT2D eigenvalue weighted by Crippen LogP contribution is 2.10. The van der Waals surface area contributed by atoms with Crippen LogP contribution in [-0.2, 0) is 4.79 Å². The van der Waals surface area contributed by atoms with Crippen LogP contribution in [0.2, 0.25) is 0 Å². The molecule has 4 nitrogen and oxygen atoms in total. The third-order valence-corrected chi connectivity index (χ3v) is 2.81. The molecule has 0 aliphatic carbocycles. The molecule has 0 spiro atoms. The van der Waals surface area contributed by atoms with Gasteiger partial charge in [-0.25, -0.2) is 0 Å². The number of hydrogen-bond acceptors (Lipinski definition) is 3. The first-order chi connectivity index (χ1) is 8.79. The molecule has 1 amide bonds. The monoisotopic (exact) mass is 244 g/mol. The summed E-state index contributed by atoms with van der Waals surface area (Å²) < 4.78 is 5.06. The molecule has 94 valence electrons. The molecule has 0 radical (unpaired) electrons. The Hall–Kier alpha value is -1.99. The van der Waals surface area contributed by atoms with Crippen molar-refractivity contribution in [1.29, 1.82) is 0 Å². The number of rotatable bonds is 1. The summed E-state index contributed by atoms with van der Waals surface area (Å²) in [4.78, 5) is 13.6. The Labute approximate surface area is 107 Å². The minimum atomic E-state index is -0.104. The van der Waals surface area contributed by atoms with E-state index in [2.05, 4.69) is 17.2 Å². The van der Waals surface area contributed by atoms with Crippen molar-refractivity contribution in [3.63, 3.8) is 0 Å². The Kier molecular flexibility index (Phi) is 4.21. The van der Waals surface area contributed by atoms with E-state index in [9.17, 15) is 4.79 Å². The van der Waals surface area contributed by atoms with Gasteiger partial charge in [0.05, 0.1) is 7.11 Å². The van der Waals surface area contributed by atoms with Gasteiger partial charge in [0.1, 0.15) is 5.75 Å². The van der Waals surface area contributed by atoms with Crippen molar-refractivity contribution in [3.05, 3.63) is 29.8 Å². The quantitative estimate of drug-likeness (QED) is 0.731. The van der Waals surface area contributed by atoms with E-state index < -0.39 is 0 Å². The van der Waals surface area contributed by atoms with Crippen LogP contribution < -0.4 is 10.1 Å². The molecule has 1 saturated heterocycles. The van der Waals surface area contributed by atoms with E-state index in [-0.39, 0.29) is 5.91 Å². The highest BCUT2D eigenvalue weighted by molar-refractivity contribution is 5.94. The van der Waals surface area contributed by atoms with Crippen LogP contribution in [0.15, 0.2) is 24.3 Å². The van der Waals surface area contributed by atoms with Crippen molar-refractivity contribution in [3.8, 4) is 17.6 Å². The van der Waals surface area contributed by atoms with E-state index in [1.807, 2.05) is 24.3 Å². The maximum absolute atomic E-state index is 11.8. The molecule has 1 fully saturated rings. The van der Waals surface area contributed by atoms with E-state index in [4.69, 9.17) is 4.74 Å². The van der Waals surface area contributed by atoms with Crippen molar-refractivity contribution in [2.75, 3.05) is 33.3 Å². The fraction of sp³-hybridized carbons (Fsp3) is 0.357. The van der Waals surface area contributed by atoms with Crippen LogP contribution in [0.5, 0.6) is 5.75 Å². The van der Waals surface area contributed by atoms with Gasteiger partial charge in [-0.15, -0.1) is 0 Å². The van der Waals surface area contributed by atoms with Crippen LogP contribution in [0.25, 0.3) is 0 Å². The normalized spacial score (nSPS) is 14.6. The fourth-order valence-electron chi connectivity index (χ4n) is 1.75. The highest BCUT2D eigenvalue weighted by Gasteiger charge is 2.13. The zero-order valence-electron chi connectivity index (χ0n) is 10.4. The highest BCUT2D eigenvalue weighted by atomic mass is 16.5. The summed E-state index contributed by atoms with van der Waals surface area (Å²) in [5.41, 5.74) is 0.819.